The average molecular weight is 349 g/mol. The second-order valence-corrected chi connectivity index (χ2v) is 8.73. The molecule has 0 saturated heterocycles. The van der Waals surface area contributed by atoms with Crippen LogP contribution >= 0.6 is 0 Å². The number of fused-ring (bicyclic) bond motifs is 1. The van der Waals surface area contributed by atoms with Crippen LogP contribution in [0, 0.1) is 6.92 Å². The first kappa shape index (κ1) is 18.4. The first-order valence-corrected chi connectivity index (χ1v) is 9.06. The molecule has 0 atom stereocenters. The first-order valence-electron chi connectivity index (χ1n) is 9.06. The Morgan fingerprint density at radius 1 is 1.04 bits per heavy atom. The summed E-state index contributed by atoms with van der Waals surface area (Å²) in [6.45, 7) is 15.0. The molecule has 1 N–H and O–H groups in total. The van der Waals surface area contributed by atoms with Gasteiger partial charge < -0.3 is 5.11 Å². The molecule has 0 aliphatic heterocycles. The number of pyridine rings is 1. The molecule has 26 heavy (non-hydrogen) atoms. The number of aromatic nitrogens is 1. The van der Waals surface area contributed by atoms with Crippen molar-refractivity contribution in [1.29, 1.82) is 0 Å². The summed E-state index contributed by atoms with van der Waals surface area (Å²) in [5.74, 6) is -1.02. The third-order valence-corrected chi connectivity index (χ3v) is 5.85. The monoisotopic (exact) mass is 349 g/mol. The molecule has 3 heteroatoms. The van der Waals surface area contributed by atoms with E-state index in [1.165, 1.54) is 23.1 Å². The summed E-state index contributed by atoms with van der Waals surface area (Å²) in [4.78, 5) is 15.5. The number of carboxylic acids is 1. The van der Waals surface area contributed by atoms with Crippen LogP contribution in [0.5, 0.6) is 0 Å². The van der Waals surface area contributed by atoms with E-state index in [1.807, 2.05) is 6.07 Å². The Balaban J connectivity index is 2.18. The van der Waals surface area contributed by atoms with Crippen LogP contribution in [0.2, 0.25) is 0 Å². The number of carbonyl (C=O) groups is 1. The summed E-state index contributed by atoms with van der Waals surface area (Å²) in [5, 5.41) is 9.21. The Morgan fingerprint density at radius 2 is 1.62 bits per heavy atom. The van der Waals surface area contributed by atoms with E-state index in [9.17, 15) is 9.90 Å². The molecule has 136 valence electrons. The minimum absolute atomic E-state index is 0.0661. The van der Waals surface area contributed by atoms with Gasteiger partial charge in [0.1, 0.15) is 0 Å². The van der Waals surface area contributed by atoms with Crippen LogP contribution in [0.3, 0.4) is 0 Å². The lowest BCUT2D eigenvalue weighted by atomic mass is 9.62. The average Bonchev–Trinajstić information content (AvgIpc) is 2.58. The zero-order chi connectivity index (χ0) is 19.3. The fourth-order valence-corrected chi connectivity index (χ4v) is 3.91. The fourth-order valence-electron chi connectivity index (χ4n) is 3.91. The quantitative estimate of drug-likeness (QED) is 0.744. The summed E-state index contributed by atoms with van der Waals surface area (Å²) in [6, 6.07) is 6.47. The van der Waals surface area contributed by atoms with Crippen LogP contribution in [-0.4, -0.2) is 16.1 Å². The minimum atomic E-state index is -1.02. The fraction of sp³-hybridized carbons (Fsp3) is 0.391. The van der Waals surface area contributed by atoms with Crippen LogP contribution in [-0.2, 0) is 15.6 Å². The molecule has 0 spiro atoms. The predicted octanol–water partition coefficient (Wildman–Crippen LogP) is 5.50. The van der Waals surface area contributed by atoms with Gasteiger partial charge in [0.25, 0.3) is 0 Å². The molecule has 2 aromatic rings. The van der Waals surface area contributed by atoms with Crippen molar-refractivity contribution in [1.82, 2.24) is 4.98 Å². The van der Waals surface area contributed by atoms with E-state index in [1.54, 1.807) is 12.4 Å². The number of aryl methyl sites for hydroxylation is 1. The highest BCUT2D eigenvalue weighted by molar-refractivity contribution is 6.14. The molecular formula is C23H27NO2. The second-order valence-electron chi connectivity index (χ2n) is 8.73. The van der Waals surface area contributed by atoms with Crippen LogP contribution in [0.15, 0.2) is 37.2 Å². The number of carboxylic acid groups (broad SMARTS) is 1. The lowest BCUT2D eigenvalue weighted by Gasteiger charge is -2.42. The number of hydrogen-bond donors (Lipinski definition) is 1. The summed E-state index contributed by atoms with van der Waals surface area (Å²) < 4.78 is 0. The molecule has 1 heterocycles. The molecular weight excluding hydrogens is 322 g/mol. The number of benzene rings is 1. The van der Waals surface area contributed by atoms with Gasteiger partial charge in [-0.3, -0.25) is 4.98 Å². The van der Waals surface area contributed by atoms with Crippen molar-refractivity contribution in [2.45, 2.75) is 58.3 Å². The van der Waals surface area contributed by atoms with Crippen molar-refractivity contribution in [3.8, 4) is 11.1 Å². The van der Waals surface area contributed by atoms with E-state index in [0.717, 1.165) is 17.5 Å². The van der Waals surface area contributed by atoms with Crippen molar-refractivity contribution in [3.05, 3.63) is 59.4 Å². The van der Waals surface area contributed by atoms with E-state index in [0.29, 0.717) is 5.56 Å². The number of aliphatic carboxylic acids is 1. The van der Waals surface area contributed by atoms with E-state index in [4.69, 9.17) is 0 Å². The lowest BCUT2D eigenvalue weighted by Crippen LogP contribution is -2.34. The zero-order valence-corrected chi connectivity index (χ0v) is 16.3. The van der Waals surface area contributed by atoms with Gasteiger partial charge in [-0.1, -0.05) is 40.3 Å². The molecule has 3 nitrogen and oxygen atoms in total. The smallest absolute Gasteiger partial charge is 0.335 e. The topological polar surface area (TPSA) is 50.2 Å². The number of nitrogens with zero attached hydrogens (tertiary/aromatic N) is 1. The maximum atomic E-state index is 11.2. The van der Waals surface area contributed by atoms with Crippen LogP contribution in [0.25, 0.3) is 16.7 Å². The van der Waals surface area contributed by atoms with Crippen LogP contribution in [0.1, 0.15) is 62.8 Å². The highest BCUT2D eigenvalue weighted by Gasteiger charge is 2.37. The van der Waals surface area contributed by atoms with Gasteiger partial charge in [-0.15, -0.1) is 0 Å². The number of rotatable bonds is 3. The molecule has 0 fully saturated rings. The van der Waals surface area contributed by atoms with Crippen molar-refractivity contribution in [2.75, 3.05) is 0 Å². The van der Waals surface area contributed by atoms with Gasteiger partial charge in [-0.05, 0) is 65.0 Å². The van der Waals surface area contributed by atoms with Gasteiger partial charge in [0.15, 0.2) is 0 Å². The SMILES string of the molecule is C=C(C(=O)O)c1cncc(-c2cc3c(cc2C)C(C)(C)CCC3(C)C)c1. The third-order valence-electron chi connectivity index (χ3n) is 5.85. The predicted molar refractivity (Wildman–Crippen MR) is 106 cm³/mol. The van der Waals surface area contributed by atoms with Gasteiger partial charge in [0.05, 0.1) is 5.57 Å². The Kier molecular flexibility index (Phi) is 4.30. The van der Waals surface area contributed by atoms with E-state index >= 15 is 0 Å². The largest absolute Gasteiger partial charge is 0.478 e. The Hall–Kier alpha value is -2.42. The van der Waals surface area contributed by atoms with Crippen LogP contribution in [0.4, 0.5) is 0 Å². The number of hydrogen-bond acceptors (Lipinski definition) is 2. The van der Waals surface area contributed by atoms with Gasteiger partial charge in [0.2, 0.25) is 0 Å². The molecule has 0 saturated carbocycles. The van der Waals surface area contributed by atoms with Gasteiger partial charge in [-0.2, -0.15) is 0 Å². The molecule has 1 aromatic heterocycles. The Morgan fingerprint density at radius 3 is 2.19 bits per heavy atom. The molecule has 3 rings (SSSR count). The second kappa shape index (κ2) is 6.08. The molecule has 0 amide bonds. The Labute approximate surface area is 155 Å². The van der Waals surface area contributed by atoms with Gasteiger partial charge >= 0.3 is 5.97 Å². The zero-order valence-electron chi connectivity index (χ0n) is 16.3. The molecule has 0 radical (unpaired) electrons. The first-order chi connectivity index (χ1) is 12.0. The summed E-state index contributed by atoms with van der Waals surface area (Å²) in [5.41, 5.74) is 6.96. The van der Waals surface area contributed by atoms with Crippen molar-refractivity contribution in [3.63, 3.8) is 0 Å². The summed E-state index contributed by atoms with van der Waals surface area (Å²) >= 11 is 0. The highest BCUT2D eigenvalue weighted by atomic mass is 16.4. The van der Waals surface area contributed by atoms with Gasteiger partial charge in [-0.25, -0.2) is 4.79 Å². The Bertz CT molecular complexity index is 906. The maximum Gasteiger partial charge on any atom is 0.335 e. The van der Waals surface area contributed by atoms with Crippen molar-refractivity contribution >= 4 is 11.5 Å². The van der Waals surface area contributed by atoms with Crippen molar-refractivity contribution < 1.29 is 9.90 Å². The molecule has 0 unspecified atom stereocenters. The van der Waals surface area contributed by atoms with Crippen molar-refractivity contribution in [2.24, 2.45) is 0 Å². The third kappa shape index (κ3) is 3.07. The molecule has 1 aromatic carbocycles. The highest BCUT2D eigenvalue weighted by Crippen LogP contribution is 2.47. The van der Waals surface area contributed by atoms with E-state index in [-0.39, 0.29) is 16.4 Å². The van der Waals surface area contributed by atoms with Crippen LogP contribution < -0.4 is 0 Å². The standard InChI is InChI=1S/C23H27NO2/c1-14-9-19-20(23(5,6)8-7-22(19,3)4)11-18(14)17-10-16(12-24-13-17)15(2)21(25)26/h9-13H,2,7-8H2,1,3-6H3,(H,25,26). The molecule has 1 aliphatic rings. The lowest BCUT2D eigenvalue weighted by molar-refractivity contribution is -0.130. The summed E-state index contributed by atoms with van der Waals surface area (Å²) in [7, 11) is 0. The van der Waals surface area contributed by atoms with E-state index in [2.05, 4.69) is 58.3 Å². The van der Waals surface area contributed by atoms with E-state index < -0.39 is 5.97 Å². The van der Waals surface area contributed by atoms with Gasteiger partial charge in [0, 0.05) is 23.5 Å². The normalized spacial score (nSPS) is 17.4. The molecule has 1 aliphatic carbocycles. The molecule has 0 bridgehead atoms. The summed E-state index contributed by atoms with van der Waals surface area (Å²) in [6.07, 6.45) is 5.69. The minimum Gasteiger partial charge on any atom is -0.478 e. The maximum absolute atomic E-state index is 11.2.